The molecule has 29 heavy (non-hydrogen) atoms. The van der Waals surface area contributed by atoms with Crippen LogP contribution in [0.25, 0.3) is 0 Å². The van der Waals surface area contributed by atoms with Gasteiger partial charge in [-0.2, -0.15) is 0 Å². The van der Waals surface area contributed by atoms with Gasteiger partial charge in [0.1, 0.15) is 18.3 Å². The maximum Gasteiger partial charge on any atom is 1.00 e. The van der Waals surface area contributed by atoms with Crippen molar-refractivity contribution in [3.63, 3.8) is 0 Å². The first-order valence-electron chi connectivity index (χ1n) is 7.90. The average molecular weight is 443 g/mol. The molecule has 0 spiro atoms. The zero-order valence-corrected chi connectivity index (χ0v) is 20.6. The van der Waals surface area contributed by atoms with Crippen molar-refractivity contribution in [1.29, 1.82) is 0 Å². The van der Waals surface area contributed by atoms with Crippen molar-refractivity contribution in [1.82, 2.24) is 15.0 Å². The molecule has 0 radical (unpaired) electrons. The first-order chi connectivity index (χ1) is 12.7. The van der Waals surface area contributed by atoms with Crippen LogP contribution in [0, 0.1) is 0 Å². The second-order valence-electron chi connectivity index (χ2n) is 6.11. The predicted octanol–water partition coefficient (Wildman–Crippen LogP) is -8.59. The fourth-order valence-corrected chi connectivity index (χ4v) is 3.46. The Morgan fingerprint density at radius 3 is 2.41 bits per heavy atom. The molecule has 1 aliphatic rings. The summed E-state index contributed by atoms with van der Waals surface area (Å²) >= 11 is 0. The summed E-state index contributed by atoms with van der Waals surface area (Å²) in [4.78, 5) is 33.9. The SMILES string of the molecule is O=C(c1ccccc1)c1cn([C@@H]2O[C@H]([C@H](O)CP(=O)([O-])[O-])[C@@H](O)[C@H]2O)nn1.[Na+].[Na+]. The van der Waals surface area contributed by atoms with E-state index in [4.69, 9.17) is 4.74 Å². The van der Waals surface area contributed by atoms with Gasteiger partial charge in [-0.25, -0.2) is 4.68 Å². The van der Waals surface area contributed by atoms with Crippen molar-refractivity contribution in [2.24, 2.45) is 0 Å². The molecule has 1 saturated heterocycles. The molecule has 0 aliphatic carbocycles. The molecule has 0 saturated carbocycles. The maximum absolute atomic E-state index is 12.3. The van der Waals surface area contributed by atoms with Crippen molar-refractivity contribution >= 4 is 13.4 Å². The maximum atomic E-state index is 12.3. The molecule has 5 atom stereocenters. The normalized spacial score (nSPS) is 25.0. The summed E-state index contributed by atoms with van der Waals surface area (Å²) in [5.41, 5.74) is 0.325. The number of hydrogen-bond donors (Lipinski definition) is 3. The molecule has 3 N–H and O–H groups in total. The Morgan fingerprint density at radius 2 is 1.83 bits per heavy atom. The number of aliphatic hydroxyl groups excluding tert-OH is 3. The van der Waals surface area contributed by atoms with Crippen molar-refractivity contribution in [2.75, 3.05) is 6.16 Å². The minimum Gasteiger partial charge on any atom is -0.811 e. The molecule has 0 unspecified atom stereocenters. The number of nitrogens with zero attached hydrogens (tertiary/aromatic N) is 3. The average Bonchev–Trinajstić information content (AvgIpc) is 3.20. The molecule has 11 nitrogen and oxygen atoms in total. The van der Waals surface area contributed by atoms with Gasteiger partial charge in [0.25, 0.3) is 0 Å². The Morgan fingerprint density at radius 1 is 1.21 bits per heavy atom. The van der Waals surface area contributed by atoms with Crippen molar-refractivity contribution in [3.8, 4) is 0 Å². The Labute approximate surface area is 209 Å². The molecular formula is C15H16N3Na2O8P. The molecule has 1 aliphatic heterocycles. The Hall–Kier alpha value is 0.0200. The van der Waals surface area contributed by atoms with E-state index >= 15 is 0 Å². The zero-order chi connectivity index (χ0) is 19.8. The number of aromatic nitrogens is 3. The number of ketones is 1. The number of aliphatic hydroxyl groups is 3. The second kappa shape index (κ2) is 11.1. The van der Waals surface area contributed by atoms with Crippen LogP contribution >= 0.6 is 7.60 Å². The molecule has 3 rings (SSSR count). The van der Waals surface area contributed by atoms with Gasteiger partial charge in [-0.15, -0.1) is 5.10 Å². The zero-order valence-electron chi connectivity index (χ0n) is 15.7. The van der Waals surface area contributed by atoms with Gasteiger partial charge in [0, 0.05) is 11.7 Å². The smallest absolute Gasteiger partial charge is 0.811 e. The molecule has 0 amide bonds. The third kappa shape index (κ3) is 6.50. The molecule has 2 aromatic rings. The number of rotatable bonds is 6. The van der Waals surface area contributed by atoms with Crippen LogP contribution < -0.4 is 68.9 Å². The van der Waals surface area contributed by atoms with E-state index in [9.17, 15) is 34.5 Å². The molecule has 1 aromatic carbocycles. The quantitative estimate of drug-likeness (QED) is 0.220. The van der Waals surface area contributed by atoms with E-state index in [1.807, 2.05) is 0 Å². The third-order valence-corrected chi connectivity index (χ3v) is 4.93. The van der Waals surface area contributed by atoms with Gasteiger partial charge in [0.2, 0.25) is 5.78 Å². The Balaban J connectivity index is 0.00000210. The summed E-state index contributed by atoms with van der Waals surface area (Å²) in [6, 6.07) is 8.26. The van der Waals surface area contributed by atoms with Crippen LogP contribution in [-0.4, -0.2) is 66.7 Å². The van der Waals surface area contributed by atoms with Gasteiger partial charge in [0.15, 0.2) is 11.9 Å². The summed E-state index contributed by atoms with van der Waals surface area (Å²) in [6.07, 6.45) is -7.94. The summed E-state index contributed by atoms with van der Waals surface area (Å²) in [5.74, 6) is -0.426. The third-order valence-electron chi connectivity index (χ3n) is 4.10. The Bertz CT molecular complexity index is 864. The van der Waals surface area contributed by atoms with Gasteiger partial charge in [-0.3, -0.25) is 4.79 Å². The fraction of sp³-hybridized carbons (Fsp3) is 0.400. The number of benzene rings is 1. The van der Waals surface area contributed by atoms with Crippen LogP contribution in [0.3, 0.4) is 0 Å². The van der Waals surface area contributed by atoms with E-state index in [1.54, 1.807) is 30.3 Å². The van der Waals surface area contributed by atoms with E-state index in [-0.39, 0.29) is 64.8 Å². The topological polar surface area (TPSA) is 181 Å². The van der Waals surface area contributed by atoms with Gasteiger partial charge in [-0.05, 0) is 0 Å². The number of hydrogen-bond acceptors (Lipinski definition) is 10. The monoisotopic (exact) mass is 443 g/mol. The minimum atomic E-state index is -5.06. The number of ether oxygens (including phenoxy) is 1. The van der Waals surface area contributed by atoms with Gasteiger partial charge in [0.05, 0.1) is 12.3 Å². The van der Waals surface area contributed by atoms with E-state index < -0.39 is 50.2 Å². The van der Waals surface area contributed by atoms with Crippen LogP contribution in [0.2, 0.25) is 0 Å². The van der Waals surface area contributed by atoms with Crippen LogP contribution in [0.4, 0.5) is 0 Å². The fourth-order valence-electron chi connectivity index (χ4n) is 2.80. The van der Waals surface area contributed by atoms with Crippen LogP contribution in [0.5, 0.6) is 0 Å². The largest absolute Gasteiger partial charge is 1.00 e. The van der Waals surface area contributed by atoms with E-state index in [2.05, 4.69) is 10.3 Å². The van der Waals surface area contributed by atoms with Crippen molar-refractivity contribution < 1.29 is 98.3 Å². The van der Waals surface area contributed by atoms with Crippen molar-refractivity contribution in [2.45, 2.75) is 30.6 Å². The molecule has 2 heterocycles. The molecule has 14 heteroatoms. The van der Waals surface area contributed by atoms with E-state index in [0.29, 0.717) is 5.56 Å². The standard InChI is InChI=1S/C15H18N3O8P.2Na/c19-10(7-27(23,24)25)14-12(21)13(22)15(26-14)18-6-9(16-17-18)11(20)8-4-2-1-3-5-8;;/h1-6,10,12-15,19,21-22H,7H2,(H2,23,24,25);;/q;2*+1/p-2/t10-,12+,13-,14-,15-;;/m1../s1. The molecule has 1 aromatic heterocycles. The summed E-state index contributed by atoms with van der Waals surface area (Å²) < 4.78 is 17.1. The van der Waals surface area contributed by atoms with Gasteiger partial charge in [-0.1, -0.05) is 43.1 Å². The first kappa shape index (κ1) is 27.1. The first-order valence-corrected chi connectivity index (χ1v) is 9.62. The Kier molecular flexibility index (Phi) is 10.3. The minimum absolute atomic E-state index is 0. The summed E-state index contributed by atoms with van der Waals surface area (Å²) in [5, 5.41) is 37.3. The van der Waals surface area contributed by atoms with Gasteiger partial charge < -0.3 is 34.4 Å². The number of carbonyl (C=O) groups excluding carboxylic acids is 1. The number of carbonyl (C=O) groups is 1. The van der Waals surface area contributed by atoms with Crippen LogP contribution in [0.1, 0.15) is 22.3 Å². The molecule has 0 bridgehead atoms. The van der Waals surface area contributed by atoms with E-state index in [0.717, 1.165) is 4.68 Å². The second-order valence-corrected chi connectivity index (χ2v) is 7.70. The predicted molar refractivity (Wildman–Crippen MR) is 84.3 cm³/mol. The summed E-state index contributed by atoms with van der Waals surface area (Å²) in [7, 11) is -5.06. The van der Waals surface area contributed by atoms with Crippen LogP contribution in [-0.2, 0) is 9.30 Å². The van der Waals surface area contributed by atoms with E-state index in [1.165, 1.54) is 6.20 Å². The van der Waals surface area contributed by atoms with Gasteiger partial charge >= 0.3 is 59.1 Å². The molecule has 1 fully saturated rings. The van der Waals surface area contributed by atoms with Crippen molar-refractivity contribution in [3.05, 3.63) is 47.8 Å². The van der Waals surface area contributed by atoms with Crippen LogP contribution in [0.15, 0.2) is 36.5 Å². The summed E-state index contributed by atoms with van der Waals surface area (Å²) in [6.45, 7) is 0. The molecular weight excluding hydrogens is 427 g/mol. The molecule has 146 valence electrons.